The standard InChI is InChI=1S/C25H34N2O2/c1-16(2)22-12-18(5)10-20(24(22)28)14-26-8-7-9-27-15-21-11-19(6)13-23(17(3)4)25(21)29/h10-17,28-29H,7-9H2,1-6H3. The molecule has 0 aliphatic carbocycles. The van der Waals surface area contributed by atoms with Gasteiger partial charge in [0.25, 0.3) is 0 Å². The van der Waals surface area contributed by atoms with Crippen LogP contribution in [-0.2, 0) is 0 Å². The molecular formula is C25H34N2O2. The van der Waals surface area contributed by atoms with Gasteiger partial charge in [0.2, 0.25) is 0 Å². The van der Waals surface area contributed by atoms with Crippen molar-refractivity contribution in [3.8, 4) is 11.5 Å². The number of nitrogens with zero attached hydrogens (tertiary/aromatic N) is 2. The number of hydrogen-bond acceptors (Lipinski definition) is 4. The Morgan fingerprint density at radius 3 is 1.45 bits per heavy atom. The van der Waals surface area contributed by atoms with Crippen LogP contribution in [-0.4, -0.2) is 35.7 Å². The van der Waals surface area contributed by atoms with Gasteiger partial charge in [-0.25, -0.2) is 0 Å². The summed E-state index contributed by atoms with van der Waals surface area (Å²) in [5.41, 5.74) is 5.68. The van der Waals surface area contributed by atoms with Gasteiger partial charge in [-0.05, 0) is 66.5 Å². The summed E-state index contributed by atoms with van der Waals surface area (Å²) in [5.74, 6) is 1.18. The number of phenolic OH excluding ortho intramolecular Hbond substituents is 2. The molecule has 0 aromatic heterocycles. The van der Waals surface area contributed by atoms with E-state index in [9.17, 15) is 10.2 Å². The lowest BCUT2D eigenvalue weighted by Crippen LogP contribution is -1.96. The molecule has 2 rings (SSSR count). The lowest BCUT2D eigenvalue weighted by molar-refractivity contribution is 0.463. The largest absolute Gasteiger partial charge is 0.507 e. The van der Waals surface area contributed by atoms with E-state index in [2.05, 4.69) is 37.7 Å². The molecule has 0 fully saturated rings. The first-order valence-electron chi connectivity index (χ1n) is 10.4. The molecule has 0 aliphatic rings. The highest BCUT2D eigenvalue weighted by molar-refractivity contribution is 5.85. The first-order valence-corrected chi connectivity index (χ1v) is 10.4. The third kappa shape index (κ3) is 6.18. The fraction of sp³-hybridized carbons (Fsp3) is 0.440. The van der Waals surface area contributed by atoms with Crippen molar-refractivity contribution >= 4 is 12.4 Å². The molecule has 0 spiro atoms. The molecule has 29 heavy (non-hydrogen) atoms. The Kier molecular flexibility index (Phi) is 8.00. The van der Waals surface area contributed by atoms with E-state index >= 15 is 0 Å². The molecule has 156 valence electrons. The van der Waals surface area contributed by atoms with Crippen molar-refractivity contribution in [3.05, 3.63) is 57.6 Å². The van der Waals surface area contributed by atoms with Crippen molar-refractivity contribution in [2.24, 2.45) is 9.98 Å². The molecule has 0 amide bonds. The van der Waals surface area contributed by atoms with Gasteiger partial charge >= 0.3 is 0 Å². The first-order chi connectivity index (χ1) is 13.7. The fourth-order valence-corrected chi connectivity index (χ4v) is 3.33. The lowest BCUT2D eigenvalue weighted by Gasteiger charge is -2.12. The van der Waals surface area contributed by atoms with E-state index < -0.39 is 0 Å². The van der Waals surface area contributed by atoms with Crippen LogP contribution >= 0.6 is 0 Å². The van der Waals surface area contributed by atoms with Crippen LogP contribution < -0.4 is 0 Å². The minimum Gasteiger partial charge on any atom is -0.507 e. The smallest absolute Gasteiger partial charge is 0.127 e. The number of benzene rings is 2. The highest BCUT2D eigenvalue weighted by Crippen LogP contribution is 2.30. The monoisotopic (exact) mass is 394 g/mol. The van der Waals surface area contributed by atoms with E-state index in [1.165, 1.54) is 0 Å². The van der Waals surface area contributed by atoms with Gasteiger partial charge in [0.05, 0.1) is 0 Å². The second-order valence-corrected chi connectivity index (χ2v) is 8.32. The van der Waals surface area contributed by atoms with Crippen LogP contribution in [0.5, 0.6) is 11.5 Å². The summed E-state index contributed by atoms with van der Waals surface area (Å²) in [7, 11) is 0. The quantitative estimate of drug-likeness (QED) is 0.433. The molecule has 2 aromatic rings. The highest BCUT2D eigenvalue weighted by atomic mass is 16.3. The summed E-state index contributed by atoms with van der Waals surface area (Å²) in [6, 6.07) is 7.96. The van der Waals surface area contributed by atoms with Crippen molar-refractivity contribution in [3.63, 3.8) is 0 Å². The fourth-order valence-electron chi connectivity index (χ4n) is 3.33. The maximum Gasteiger partial charge on any atom is 0.127 e. The molecule has 2 aromatic carbocycles. The number of rotatable bonds is 8. The van der Waals surface area contributed by atoms with Gasteiger partial charge < -0.3 is 10.2 Å². The molecule has 0 saturated heterocycles. The number of hydrogen-bond donors (Lipinski definition) is 2. The van der Waals surface area contributed by atoms with Crippen molar-refractivity contribution in [2.75, 3.05) is 13.1 Å². The SMILES string of the molecule is Cc1cc(C=NCCCN=Cc2cc(C)cc(C(C)C)c2O)c(O)c(C(C)C)c1. The minimum atomic E-state index is 0.269. The Labute approximate surface area is 175 Å². The molecule has 4 heteroatoms. The second kappa shape index (κ2) is 10.2. The maximum atomic E-state index is 10.4. The summed E-state index contributed by atoms with van der Waals surface area (Å²) in [5, 5.41) is 20.8. The van der Waals surface area contributed by atoms with E-state index in [0.717, 1.165) is 39.8 Å². The molecule has 4 nitrogen and oxygen atoms in total. The van der Waals surface area contributed by atoms with Crippen LogP contribution in [0.15, 0.2) is 34.3 Å². The molecule has 0 saturated carbocycles. The van der Waals surface area contributed by atoms with Crippen molar-refractivity contribution in [2.45, 2.75) is 59.8 Å². The zero-order valence-electron chi connectivity index (χ0n) is 18.5. The zero-order valence-corrected chi connectivity index (χ0v) is 18.5. The van der Waals surface area contributed by atoms with Crippen LogP contribution in [0.1, 0.15) is 79.3 Å². The Morgan fingerprint density at radius 2 is 1.10 bits per heavy atom. The van der Waals surface area contributed by atoms with Gasteiger partial charge in [0.15, 0.2) is 0 Å². The van der Waals surface area contributed by atoms with Crippen LogP contribution in [0.3, 0.4) is 0 Å². The zero-order chi connectivity index (χ0) is 21.6. The highest BCUT2D eigenvalue weighted by Gasteiger charge is 2.11. The summed E-state index contributed by atoms with van der Waals surface area (Å²) in [6.07, 6.45) is 4.30. The van der Waals surface area contributed by atoms with E-state index in [0.29, 0.717) is 24.6 Å². The van der Waals surface area contributed by atoms with E-state index in [1.807, 2.05) is 38.1 Å². The van der Waals surface area contributed by atoms with E-state index in [-0.39, 0.29) is 11.8 Å². The predicted octanol–water partition coefficient (Wildman–Crippen LogP) is 5.89. The van der Waals surface area contributed by atoms with Crippen molar-refractivity contribution in [1.82, 2.24) is 0 Å². The van der Waals surface area contributed by atoms with Crippen molar-refractivity contribution < 1.29 is 10.2 Å². The van der Waals surface area contributed by atoms with Crippen LogP contribution in [0.25, 0.3) is 0 Å². The Hall–Kier alpha value is -2.62. The van der Waals surface area contributed by atoms with Gasteiger partial charge in [-0.2, -0.15) is 0 Å². The Morgan fingerprint density at radius 1 is 0.724 bits per heavy atom. The van der Waals surface area contributed by atoms with Gasteiger partial charge in [0.1, 0.15) is 11.5 Å². The summed E-state index contributed by atoms with van der Waals surface area (Å²) < 4.78 is 0. The lowest BCUT2D eigenvalue weighted by atomic mass is 9.97. The van der Waals surface area contributed by atoms with Gasteiger partial charge in [-0.15, -0.1) is 0 Å². The normalized spacial score (nSPS) is 12.1. The summed E-state index contributed by atoms with van der Waals surface area (Å²) in [6.45, 7) is 13.6. The van der Waals surface area contributed by atoms with E-state index in [1.54, 1.807) is 12.4 Å². The maximum absolute atomic E-state index is 10.4. The van der Waals surface area contributed by atoms with Gasteiger partial charge in [0, 0.05) is 36.6 Å². The molecule has 2 N–H and O–H groups in total. The van der Waals surface area contributed by atoms with Crippen molar-refractivity contribution in [1.29, 1.82) is 0 Å². The number of aryl methyl sites for hydroxylation is 2. The molecule has 0 aliphatic heterocycles. The van der Waals surface area contributed by atoms with Crippen LogP contribution in [0.4, 0.5) is 0 Å². The molecule has 0 bridgehead atoms. The topological polar surface area (TPSA) is 65.2 Å². The van der Waals surface area contributed by atoms with Crippen LogP contribution in [0.2, 0.25) is 0 Å². The summed E-state index contributed by atoms with van der Waals surface area (Å²) in [4.78, 5) is 8.90. The number of aromatic hydroxyl groups is 2. The Balaban J connectivity index is 1.94. The average Bonchev–Trinajstić information content (AvgIpc) is 2.65. The second-order valence-electron chi connectivity index (χ2n) is 8.32. The predicted molar refractivity (Wildman–Crippen MR) is 123 cm³/mol. The first kappa shape index (κ1) is 22.7. The third-order valence-electron chi connectivity index (χ3n) is 4.91. The van der Waals surface area contributed by atoms with E-state index in [4.69, 9.17) is 0 Å². The molecular weight excluding hydrogens is 360 g/mol. The van der Waals surface area contributed by atoms with Gasteiger partial charge in [-0.1, -0.05) is 39.8 Å². The minimum absolute atomic E-state index is 0.269. The third-order valence-corrected chi connectivity index (χ3v) is 4.91. The molecule has 0 unspecified atom stereocenters. The molecule has 0 atom stereocenters. The van der Waals surface area contributed by atoms with Crippen LogP contribution in [0, 0.1) is 13.8 Å². The number of aliphatic imine (C=N–C) groups is 2. The number of phenols is 2. The summed E-state index contributed by atoms with van der Waals surface area (Å²) >= 11 is 0. The molecule has 0 heterocycles. The Bertz CT molecular complexity index is 823. The van der Waals surface area contributed by atoms with Gasteiger partial charge in [-0.3, -0.25) is 9.98 Å². The molecule has 0 radical (unpaired) electrons. The average molecular weight is 395 g/mol.